The molecule has 1 aromatic carbocycles. The zero-order chi connectivity index (χ0) is 20.7. The van der Waals surface area contributed by atoms with Gasteiger partial charge in [0, 0.05) is 30.9 Å². The number of pyridine rings is 1. The van der Waals surface area contributed by atoms with Crippen LogP contribution in [0.3, 0.4) is 0 Å². The van der Waals surface area contributed by atoms with Gasteiger partial charge in [-0.2, -0.15) is 0 Å². The third kappa shape index (κ3) is 5.05. The number of Topliss-reactive ketones (excluding diaryl/α,β-unsaturated/α-hetero) is 1. The summed E-state index contributed by atoms with van der Waals surface area (Å²) < 4.78 is 16.2. The van der Waals surface area contributed by atoms with Gasteiger partial charge in [0.2, 0.25) is 5.75 Å². The molecule has 0 unspecified atom stereocenters. The van der Waals surface area contributed by atoms with Gasteiger partial charge in [-0.3, -0.25) is 14.6 Å². The summed E-state index contributed by atoms with van der Waals surface area (Å²) in [5.74, 6) is 0.0433. The van der Waals surface area contributed by atoms with Crippen LogP contribution in [0.1, 0.15) is 22.8 Å². The van der Waals surface area contributed by atoms with Crippen LogP contribution in [0.2, 0.25) is 10.0 Å². The quantitative estimate of drug-likeness (QED) is 0.618. The van der Waals surface area contributed by atoms with Crippen molar-refractivity contribution < 1.29 is 23.8 Å². The van der Waals surface area contributed by atoms with E-state index in [0.717, 1.165) is 0 Å². The highest BCUT2D eigenvalue weighted by Gasteiger charge is 2.23. The smallest absolute Gasteiger partial charge is 0.257 e. The summed E-state index contributed by atoms with van der Waals surface area (Å²) in [6.07, 6.45) is 2.75. The molecule has 0 aliphatic rings. The summed E-state index contributed by atoms with van der Waals surface area (Å²) in [6, 6.07) is 3.13. The molecule has 0 aliphatic carbocycles. The first-order valence-corrected chi connectivity index (χ1v) is 9.14. The first-order chi connectivity index (χ1) is 13.4. The van der Waals surface area contributed by atoms with E-state index in [1.54, 1.807) is 19.1 Å². The van der Waals surface area contributed by atoms with Gasteiger partial charge in [0.15, 0.2) is 23.9 Å². The first kappa shape index (κ1) is 21.8. The Labute approximate surface area is 172 Å². The van der Waals surface area contributed by atoms with Gasteiger partial charge in [0.25, 0.3) is 5.91 Å². The molecule has 150 valence electrons. The summed E-state index contributed by atoms with van der Waals surface area (Å²) in [5, 5.41) is 3.19. The number of ketones is 1. The Hall–Kier alpha value is -2.51. The second-order valence-corrected chi connectivity index (χ2v) is 6.42. The van der Waals surface area contributed by atoms with Crippen molar-refractivity contribution in [3.8, 4) is 17.2 Å². The normalized spacial score (nSPS) is 10.3. The van der Waals surface area contributed by atoms with Crippen LogP contribution in [0.4, 0.5) is 0 Å². The van der Waals surface area contributed by atoms with Crippen LogP contribution in [0.15, 0.2) is 24.5 Å². The highest BCUT2D eigenvalue weighted by atomic mass is 35.5. The number of halogens is 2. The molecule has 0 saturated carbocycles. The molecular formula is C19H20Cl2N2O5. The Morgan fingerprint density at radius 2 is 1.75 bits per heavy atom. The summed E-state index contributed by atoms with van der Waals surface area (Å²) in [4.78, 5) is 28.6. The predicted molar refractivity (Wildman–Crippen MR) is 106 cm³/mol. The number of benzene rings is 1. The van der Waals surface area contributed by atoms with Crippen LogP contribution < -0.4 is 19.5 Å². The van der Waals surface area contributed by atoms with Crippen molar-refractivity contribution in [1.29, 1.82) is 0 Å². The van der Waals surface area contributed by atoms with Crippen molar-refractivity contribution in [1.82, 2.24) is 10.3 Å². The molecule has 9 heteroatoms. The molecule has 7 nitrogen and oxygen atoms in total. The molecule has 0 aliphatic heterocycles. The van der Waals surface area contributed by atoms with E-state index >= 15 is 0 Å². The number of amides is 1. The lowest BCUT2D eigenvalue weighted by Gasteiger charge is -2.17. The second kappa shape index (κ2) is 10.1. The molecule has 1 heterocycles. The SMILES string of the molecule is CCNC(=O)COc1c(C(=O)Cc2c(Cl)cncc2Cl)ccc(OC)c1OC. The molecule has 0 radical (unpaired) electrons. The number of nitrogens with zero attached hydrogens (tertiary/aromatic N) is 1. The summed E-state index contributed by atoms with van der Waals surface area (Å²) >= 11 is 12.2. The van der Waals surface area contributed by atoms with E-state index in [1.165, 1.54) is 26.6 Å². The van der Waals surface area contributed by atoms with Crippen molar-refractivity contribution in [3.05, 3.63) is 45.7 Å². The Balaban J connectivity index is 2.41. The molecule has 0 atom stereocenters. The lowest BCUT2D eigenvalue weighted by molar-refractivity contribution is -0.123. The largest absolute Gasteiger partial charge is 0.493 e. The Kier molecular flexibility index (Phi) is 7.90. The Morgan fingerprint density at radius 1 is 1.07 bits per heavy atom. The molecule has 0 saturated heterocycles. The highest BCUT2D eigenvalue weighted by Crippen LogP contribution is 2.40. The maximum absolute atomic E-state index is 13.0. The van der Waals surface area contributed by atoms with Gasteiger partial charge in [0.05, 0.1) is 29.8 Å². The van der Waals surface area contributed by atoms with Crippen molar-refractivity contribution in [2.75, 3.05) is 27.4 Å². The molecule has 0 fully saturated rings. The van der Waals surface area contributed by atoms with Gasteiger partial charge < -0.3 is 19.5 Å². The number of aromatic nitrogens is 1. The fourth-order valence-electron chi connectivity index (χ4n) is 2.51. The molecule has 0 bridgehead atoms. The Bertz CT molecular complexity index is 853. The summed E-state index contributed by atoms with van der Waals surface area (Å²) in [7, 11) is 2.88. The second-order valence-electron chi connectivity index (χ2n) is 5.60. The summed E-state index contributed by atoms with van der Waals surface area (Å²) in [5.41, 5.74) is 0.665. The number of hydrogen-bond donors (Lipinski definition) is 1. The molecule has 1 N–H and O–H groups in total. The maximum atomic E-state index is 13.0. The topological polar surface area (TPSA) is 86.8 Å². The van der Waals surface area contributed by atoms with Crippen LogP contribution in [-0.4, -0.2) is 44.0 Å². The third-order valence-corrected chi connectivity index (χ3v) is 4.46. The minimum absolute atomic E-state index is 0.0762. The zero-order valence-corrected chi connectivity index (χ0v) is 17.2. The molecule has 2 rings (SSSR count). The van der Waals surface area contributed by atoms with Gasteiger partial charge >= 0.3 is 0 Å². The zero-order valence-electron chi connectivity index (χ0n) is 15.7. The van der Waals surface area contributed by atoms with Gasteiger partial charge in [-0.1, -0.05) is 23.2 Å². The van der Waals surface area contributed by atoms with Gasteiger partial charge in [0.1, 0.15) is 0 Å². The van der Waals surface area contributed by atoms with Crippen LogP contribution in [0.25, 0.3) is 0 Å². The number of likely N-dealkylation sites (N-methyl/N-ethyl adjacent to an activating group) is 1. The molecule has 0 spiro atoms. The molecule has 1 aromatic heterocycles. The highest BCUT2D eigenvalue weighted by molar-refractivity contribution is 6.36. The minimum Gasteiger partial charge on any atom is -0.493 e. The van der Waals surface area contributed by atoms with E-state index in [-0.39, 0.29) is 51.8 Å². The van der Waals surface area contributed by atoms with Crippen LogP contribution in [-0.2, 0) is 11.2 Å². The number of ether oxygens (including phenoxy) is 3. The van der Waals surface area contributed by atoms with E-state index < -0.39 is 0 Å². The standard InChI is InChI=1S/C19H20Cl2N2O5/c1-4-23-17(25)10-28-18-11(5-6-16(26-2)19(18)27-3)15(24)7-12-13(20)8-22-9-14(12)21/h5-6,8-9H,4,7,10H2,1-3H3,(H,23,25). The fraction of sp³-hybridized carbons (Fsp3) is 0.316. The van der Waals surface area contributed by atoms with E-state index in [9.17, 15) is 9.59 Å². The van der Waals surface area contributed by atoms with Crippen molar-refractivity contribution in [2.24, 2.45) is 0 Å². The molecule has 1 amide bonds. The molecule has 28 heavy (non-hydrogen) atoms. The average molecular weight is 427 g/mol. The van der Waals surface area contributed by atoms with Gasteiger partial charge in [-0.15, -0.1) is 0 Å². The van der Waals surface area contributed by atoms with E-state index in [2.05, 4.69) is 10.3 Å². The van der Waals surface area contributed by atoms with Gasteiger partial charge in [-0.05, 0) is 19.1 Å². The van der Waals surface area contributed by atoms with E-state index in [0.29, 0.717) is 17.9 Å². The monoisotopic (exact) mass is 426 g/mol. The summed E-state index contributed by atoms with van der Waals surface area (Å²) in [6.45, 7) is 1.97. The van der Waals surface area contributed by atoms with Crippen LogP contribution in [0, 0.1) is 0 Å². The maximum Gasteiger partial charge on any atom is 0.257 e. The minimum atomic E-state index is -0.328. The molecule has 2 aromatic rings. The first-order valence-electron chi connectivity index (χ1n) is 8.38. The van der Waals surface area contributed by atoms with E-state index in [1.807, 2.05) is 0 Å². The number of nitrogens with one attached hydrogen (secondary N) is 1. The Morgan fingerprint density at radius 3 is 2.32 bits per heavy atom. The molecular weight excluding hydrogens is 407 g/mol. The number of carbonyl (C=O) groups excluding carboxylic acids is 2. The van der Waals surface area contributed by atoms with Crippen LogP contribution in [0.5, 0.6) is 17.2 Å². The van der Waals surface area contributed by atoms with Crippen molar-refractivity contribution in [3.63, 3.8) is 0 Å². The van der Waals surface area contributed by atoms with E-state index in [4.69, 9.17) is 37.4 Å². The van der Waals surface area contributed by atoms with Crippen molar-refractivity contribution >= 4 is 34.9 Å². The lowest BCUT2D eigenvalue weighted by Crippen LogP contribution is -2.28. The van der Waals surface area contributed by atoms with Crippen molar-refractivity contribution in [2.45, 2.75) is 13.3 Å². The number of carbonyl (C=O) groups is 2. The van der Waals surface area contributed by atoms with Gasteiger partial charge in [-0.25, -0.2) is 0 Å². The lowest BCUT2D eigenvalue weighted by atomic mass is 10.0. The third-order valence-electron chi connectivity index (χ3n) is 3.81. The number of methoxy groups -OCH3 is 2. The number of rotatable bonds is 9. The fourth-order valence-corrected chi connectivity index (χ4v) is 3.01. The number of hydrogen-bond acceptors (Lipinski definition) is 6. The van der Waals surface area contributed by atoms with Crippen LogP contribution >= 0.6 is 23.2 Å². The average Bonchev–Trinajstić information content (AvgIpc) is 2.68. The predicted octanol–water partition coefficient (Wildman–Crippen LogP) is 3.35.